The van der Waals surface area contributed by atoms with Crippen molar-refractivity contribution in [2.24, 2.45) is 5.73 Å². The van der Waals surface area contributed by atoms with Gasteiger partial charge in [-0.3, -0.25) is 4.79 Å². The lowest BCUT2D eigenvalue weighted by molar-refractivity contribution is -0.123. The van der Waals surface area contributed by atoms with Crippen LogP contribution in [0.3, 0.4) is 0 Å². The Morgan fingerprint density at radius 3 is 2.62 bits per heavy atom. The lowest BCUT2D eigenvalue weighted by atomic mass is 10.1. The third-order valence-electron chi connectivity index (χ3n) is 3.16. The Morgan fingerprint density at radius 1 is 1.33 bits per heavy atom. The van der Waals surface area contributed by atoms with Gasteiger partial charge in [-0.1, -0.05) is 13.0 Å². The van der Waals surface area contributed by atoms with Crippen LogP contribution in [0.5, 0.6) is 11.5 Å². The maximum atomic E-state index is 11.8. The van der Waals surface area contributed by atoms with Gasteiger partial charge in [0.2, 0.25) is 0 Å². The highest BCUT2D eigenvalue weighted by atomic mass is 16.5. The Bertz CT molecular complexity index is 461. The van der Waals surface area contributed by atoms with Crippen LogP contribution in [0.1, 0.15) is 32.8 Å². The molecule has 21 heavy (non-hydrogen) atoms. The van der Waals surface area contributed by atoms with Gasteiger partial charge in [0, 0.05) is 12.1 Å². The number of ether oxygens (including phenoxy) is 2. The third kappa shape index (κ3) is 6.04. The highest BCUT2D eigenvalue weighted by Gasteiger charge is 2.11. The number of hydrogen-bond acceptors (Lipinski definition) is 4. The first-order valence-electron chi connectivity index (χ1n) is 7.30. The summed E-state index contributed by atoms with van der Waals surface area (Å²) in [5.74, 6) is 1.04. The van der Waals surface area contributed by atoms with Crippen molar-refractivity contribution in [2.45, 2.75) is 45.7 Å². The van der Waals surface area contributed by atoms with Gasteiger partial charge in [0.05, 0.1) is 7.11 Å². The number of nitrogens with one attached hydrogen (secondary N) is 1. The van der Waals surface area contributed by atoms with E-state index in [2.05, 4.69) is 5.32 Å². The fraction of sp³-hybridized carbons (Fsp3) is 0.562. The molecule has 0 bridgehead atoms. The van der Waals surface area contributed by atoms with Crippen LogP contribution < -0.4 is 20.5 Å². The van der Waals surface area contributed by atoms with E-state index in [9.17, 15) is 4.79 Å². The fourth-order valence-corrected chi connectivity index (χ4v) is 1.89. The number of nitrogens with two attached hydrogens (primary N) is 1. The van der Waals surface area contributed by atoms with Gasteiger partial charge < -0.3 is 20.5 Å². The summed E-state index contributed by atoms with van der Waals surface area (Å²) >= 11 is 0. The van der Waals surface area contributed by atoms with Gasteiger partial charge in [-0.25, -0.2) is 0 Å². The summed E-state index contributed by atoms with van der Waals surface area (Å²) < 4.78 is 10.8. The Hall–Kier alpha value is -1.75. The molecule has 0 spiro atoms. The van der Waals surface area contributed by atoms with Crippen molar-refractivity contribution in [1.29, 1.82) is 0 Å². The maximum absolute atomic E-state index is 11.8. The van der Waals surface area contributed by atoms with Crippen molar-refractivity contribution in [3.63, 3.8) is 0 Å². The standard InChI is InChI=1S/C16H26N2O3/c1-5-12(3)18-16(19)10-21-15-9-13(8-11(2)17)6-7-14(15)20-4/h6-7,9,11-12H,5,8,10,17H2,1-4H3,(H,18,19). The summed E-state index contributed by atoms with van der Waals surface area (Å²) in [7, 11) is 1.58. The van der Waals surface area contributed by atoms with E-state index in [0.717, 1.165) is 18.4 Å². The molecule has 0 radical (unpaired) electrons. The SMILES string of the molecule is CCC(C)NC(=O)COc1cc(CC(C)N)ccc1OC. The van der Waals surface area contributed by atoms with Gasteiger partial charge >= 0.3 is 0 Å². The van der Waals surface area contributed by atoms with E-state index in [1.165, 1.54) is 0 Å². The monoisotopic (exact) mass is 294 g/mol. The van der Waals surface area contributed by atoms with Crippen LogP contribution >= 0.6 is 0 Å². The summed E-state index contributed by atoms with van der Waals surface area (Å²) in [5, 5.41) is 2.86. The number of methoxy groups -OCH3 is 1. The molecule has 2 atom stereocenters. The molecular formula is C16H26N2O3. The first-order valence-corrected chi connectivity index (χ1v) is 7.30. The van der Waals surface area contributed by atoms with Gasteiger partial charge in [0.1, 0.15) is 0 Å². The van der Waals surface area contributed by atoms with Crippen molar-refractivity contribution in [2.75, 3.05) is 13.7 Å². The first-order chi connectivity index (χ1) is 9.96. The Labute approximate surface area is 126 Å². The highest BCUT2D eigenvalue weighted by molar-refractivity contribution is 5.77. The number of carbonyl (C=O) groups is 1. The van der Waals surface area contributed by atoms with E-state index in [-0.39, 0.29) is 24.6 Å². The highest BCUT2D eigenvalue weighted by Crippen LogP contribution is 2.28. The molecule has 118 valence electrons. The summed E-state index contributed by atoms with van der Waals surface area (Å²) in [4.78, 5) is 11.8. The van der Waals surface area contributed by atoms with Crippen LogP contribution in [0, 0.1) is 0 Å². The van der Waals surface area contributed by atoms with Crippen molar-refractivity contribution < 1.29 is 14.3 Å². The minimum absolute atomic E-state index is 0.0255. The van der Waals surface area contributed by atoms with E-state index in [1.54, 1.807) is 7.11 Å². The molecule has 1 amide bonds. The topological polar surface area (TPSA) is 73.6 Å². The summed E-state index contributed by atoms with van der Waals surface area (Å²) in [6, 6.07) is 5.87. The van der Waals surface area contributed by atoms with E-state index >= 15 is 0 Å². The zero-order valence-corrected chi connectivity index (χ0v) is 13.3. The van der Waals surface area contributed by atoms with E-state index in [4.69, 9.17) is 15.2 Å². The quantitative estimate of drug-likeness (QED) is 0.768. The Kier molecular flexibility index (Phi) is 7.02. The van der Waals surface area contributed by atoms with Crippen LogP contribution in [0.25, 0.3) is 0 Å². The predicted octanol–water partition coefficient (Wildman–Crippen LogP) is 1.88. The minimum Gasteiger partial charge on any atom is -0.493 e. The molecule has 1 aromatic carbocycles. The van der Waals surface area contributed by atoms with Crippen molar-refractivity contribution >= 4 is 5.91 Å². The summed E-state index contributed by atoms with van der Waals surface area (Å²) in [5.41, 5.74) is 6.86. The number of rotatable bonds is 8. The molecule has 1 aromatic rings. The molecule has 2 unspecified atom stereocenters. The summed E-state index contributed by atoms with van der Waals surface area (Å²) in [6.45, 7) is 5.90. The number of carbonyl (C=O) groups excluding carboxylic acids is 1. The Morgan fingerprint density at radius 2 is 2.05 bits per heavy atom. The third-order valence-corrected chi connectivity index (χ3v) is 3.16. The van der Waals surface area contributed by atoms with Crippen molar-refractivity contribution in [1.82, 2.24) is 5.32 Å². The molecule has 0 heterocycles. The Balaban J connectivity index is 2.69. The van der Waals surface area contributed by atoms with Crippen molar-refractivity contribution in [3.8, 4) is 11.5 Å². The van der Waals surface area contributed by atoms with Crippen LogP contribution in [-0.2, 0) is 11.2 Å². The molecule has 0 saturated heterocycles. The normalized spacial score (nSPS) is 13.4. The maximum Gasteiger partial charge on any atom is 0.258 e. The van der Waals surface area contributed by atoms with Gasteiger partial charge in [-0.05, 0) is 44.4 Å². The van der Waals surface area contributed by atoms with Crippen molar-refractivity contribution in [3.05, 3.63) is 23.8 Å². The van der Waals surface area contributed by atoms with Crippen LogP contribution in [0.4, 0.5) is 0 Å². The van der Waals surface area contributed by atoms with Gasteiger partial charge in [0.15, 0.2) is 18.1 Å². The van der Waals surface area contributed by atoms with E-state index in [0.29, 0.717) is 11.5 Å². The molecule has 0 aliphatic heterocycles. The first kappa shape index (κ1) is 17.3. The molecule has 0 fully saturated rings. The molecular weight excluding hydrogens is 268 g/mol. The van der Waals surface area contributed by atoms with Gasteiger partial charge in [-0.2, -0.15) is 0 Å². The lowest BCUT2D eigenvalue weighted by Crippen LogP contribution is -2.35. The van der Waals surface area contributed by atoms with Crippen LogP contribution in [-0.4, -0.2) is 31.7 Å². The largest absolute Gasteiger partial charge is 0.493 e. The average molecular weight is 294 g/mol. The molecule has 0 saturated carbocycles. The summed E-state index contributed by atoms with van der Waals surface area (Å²) in [6.07, 6.45) is 1.64. The van der Waals surface area contributed by atoms with E-state index < -0.39 is 0 Å². The molecule has 0 aliphatic rings. The second kappa shape index (κ2) is 8.52. The van der Waals surface area contributed by atoms with Crippen LogP contribution in [0.2, 0.25) is 0 Å². The van der Waals surface area contributed by atoms with Gasteiger partial charge in [0.25, 0.3) is 5.91 Å². The van der Waals surface area contributed by atoms with Crippen LogP contribution in [0.15, 0.2) is 18.2 Å². The molecule has 3 N–H and O–H groups in total. The van der Waals surface area contributed by atoms with Gasteiger partial charge in [-0.15, -0.1) is 0 Å². The molecule has 0 aliphatic carbocycles. The predicted molar refractivity (Wildman–Crippen MR) is 83.7 cm³/mol. The number of benzene rings is 1. The lowest BCUT2D eigenvalue weighted by Gasteiger charge is -2.15. The fourth-order valence-electron chi connectivity index (χ4n) is 1.89. The molecule has 5 nitrogen and oxygen atoms in total. The smallest absolute Gasteiger partial charge is 0.258 e. The second-order valence-electron chi connectivity index (χ2n) is 5.33. The zero-order chi connectivity index (χ0) is 15.8. The van der Waals surface area contributed by atoms with E-state index in [1.807, 2.05) is 39.0 Å². The number of hydrogen-bond donors (Lipinski definition) is 2. The number of amides is 1. The minimum atomic E-state index is -0.135. The second-order valence-corrected chi connectivity index (χ2v) is 5.33. The molecule has 5 heteroatoms. The average Bonchev–Trinajstić information content (AvgIpc) is 2.44. The molecule has 0 aromatic heterocycles. The zero-order valence-electron chi connectivity index (χ0n) is 13.3. The molecule has 1 rings (SSSR count).